The van der Waals surface area contributed by atoms with Crippen LogP contribution in [0.3, 0.4) is 0 Å². The maximum atomic E-state index is 11.9. The second-order valence-corrected chi connectivity index (χ2v) is 6.53. The molecule has 12 heteroatoms. The average Bonchev–Trinajstić information content (AvgIpc) is 2.83. The van der Waals surface area contributed by atoms with Crippen LogP contribution in [0.5, 0.6) is 17.2 Å². The number of nitrogens with one attached hydrogen (secondary N) is 1. The zero-order chi connectivity index (χ0) is 24.5. The lowest BCUT2D eigenvalue weighted by molar-refractivity contribution is -0.394. The van der Waals surface area contributed by atoms with Crippen LogP contribution in [-0.2, 0) is 4.79 Å². The number of rotatable bonds is 9. The summed E-state index contributed by atoms with van der Waals surface area (Å²) in [5.74, 6) is -0.247. The number of non-ortho nitro benzene ring substituents is 1. The number of hydrazone groups is 1. The van der Waals surface area contributed by atoms with Gasteiger partial charge in [0.25, 0.3) is 11.6 Å². The first-order valence-electron chi connectivity index (χ1n) is 9.52. The van der Waals surface area contributed by atoms with Gasteiger partial charge < -0.3 is 9.47 Å². The maximum Gasteiger partial charge on any atom is 0.318 e. The second kappa shape index (κ2) is 10.8. The molecule has 3 rings (SSSR count). The fourth-order valence-corrected chi connectivity index (χ4v) is 2.67. The summed E-state index contributed by atoms with van der Waals surface area (Å²) in [6.45, 7) is -0.358. The molecule has 0 radical (unpaired) electrons. The van der Waals surface area contributed by atoms with Crippen molar-refractivity contribution < 1.29 is 24.1 Å². The summed E-state index contributed by atoms with van der Waals surface area (Å²) in [5.41, 5.74) is 2.08. The van der Waals surface area contributed by atoms with Gasteiger partial charge in [-0.1, -0.05) is 24.3 Å². The Bertz CT molecular complexity index is 1320. The molecule has 0 fully saturated rings. The highest BCUT2D eigenvalue weighted by molar-refractivity contribution is 5.83. The molecule has 0 heterocycles. The number of ether oxygens (including phenoxy) is 2. The van der Waals surface area contributed by atoms with Crippen LogP contribution in [-0.4, -0.2) is 28.6 Å². The summed E-state index contributed by atoms with van der Waals surface area (Å²) in [6, 6.07) is 17.8. The first-order valence-corrected chi connectivity index (χ1v) is 9.52. The molecule has 0 aliphatic carbocycles. The molecule has 3 aromatic rings. The van der Waals surface area contributed by atoms with E-state index in [2.05, 4.69) is 10.5 Å². The van der Waals surface area contributed by atoms with E-state index in [0.29, 0.717) is 11.1 Å². The highest BCUT2D eigenvalue weighted by Gasteiger charge is 2.21. The third-order valence-corrected chi connectivity index (χ3v) is 4.21. The van der Waals surface area contributed by atoms with Crippen LogP contribution < -0.4 is 14.9 Å². The number of para-hydroxylation sites is 1. The summed E-state index contributed by atoms with van der Waals surface area (Å²) in [6.07, 6.45) is 1.32. The molecule has 34 heavy (non-hydrogen) atoms. The Morgan fingerprint density at radius 1 is 1.03 bits per heavy atom. The van der Waals surface area contributed by atoms with Gasteiger partial charge in [0.1, 0.15) is 17.6 Å². The minimum Gasteiger partial charge on any atom is -0.482 e. The number of nitro groups is 2. The fraction of sp³-hybridized carbons (Fsp3) is 0.0455. The molecule has 1 N–H and O–H groups in total. The van der Waals surface area contributed by atoms with Gasteiger partial charge in [-0.25, -0.2) is 5.43 Å². The number of carbonyl (C=O) groups is 1. The predicted molar refractivity (Wildman–Crippen MR) is 119 cm³/mol. The van der Waals surface area contributed by atoms with Gasteiger partial charge in [-0.15, -0.1) is 0 Å². The number of carbonyl (C=O) groups excluding carboxylic acids is 1. The van der Waals surface area contributed by atoms with Crippen LogP contribution in [0.1, 0.15) is 11.1 Å². The molecule has 170 valence electrons. The van der Waals surface area contributed by atoms with Gasteiger partial charge in [0.2, 0.25) is 5.75 Å². The van der Waals surface area contributed by atoms with Gasteiger partial charge in [0.15, 0.2) is 6.61 Å². The smallest absolute Gasteiger partial charge is 0.318 e. The lowest BCUT2D eigenvalue weighted by Crippen LogP contribution is -2.24. The largest absolute Gasteiger partial charge is 0.482 e. The Labute approximate surface area is 192 Å². The molecular weight excluding hydrogens is 446 g/mol. The van der Waals surface area contributed by atoms with Gasteiger partial charge in [-0.3, -0.25) is 25.0 Å². The third kappa shape index (κ3) is 6.11. The Balaban J connectivity index is 1.62. The lowest BCUT2D eigenvalue weighted by atomic mass is 10.2. The molecular formula is C22H15N5O7. The van der Waals surface area contributed by atoms with Crippen molar-refractivity contribution in [3.8, 4) is 23.3 Å². The molecule has 0 bridgehead atoms. The van der Waals surface area contributed by atoms with Crippen LogP contribution in [0.15, 0.2) is 71.8 Å². The molecule has 0 aliphatic heterocycles. The minimum atomic E-state index is -0.778. The Morgan fingerprint density at radius 3 is 2.56 bits per heavy atom. The van der Waals surface area contributed by atoms with E-state index in [9.17, 15) is 25.0 Å². The summed E-state index contributed by atoms with van der Waals surface area (Å²) in [4.78, 5) is 32.5. The van der Waals surface area contributed by atoms with Crippen molar-refractivity contribution in [3.05, 3.63) is 98.1 Å². The first kappa shape index (κ1) is 23.4. The molecule has 0 saturated carbocycles. The summed E-state index contributed by atoms with van der Waals surface area (Å²) < 4.78 is 10.8. The number of benzene rings is 3. The fourth-order valence-electron chi connectivity index (χ4n) is 2.67. The number of nitrogens with zero attached hydrogens (tertiary/aromatic N) is 4. The van der Waals surface area contributed by atoms with Gasteiger partial charge in [0.05, 0.1) is 27.7 Å². The predicted octanol–water partition coefficient (Wildman–Crippen LogP) is 3.70. The van der Waals surface area contributed by atoms with Crippen molar-refractivity contribution in [1.82, 2.24) is 5.43 Å². The third-order valence-electron chi connectivity index (χ3n) is 4.21. The topological polar surface area (TPSA) is 170 Å². The normalized spacial score (nSPS) is 10.3. The Hall–Kier alpha value is -5.31. The number of nitro benzene ring substituents is 2. The van der Waals surface area contributed by atoms with Crippen LogP contribution in [0, 0.1) is 31.6 Å². The van der Waals surface area contributed by atoms with Gasteiger partial charge in [0, 0.05) is 6.07 Å². The number of amides is 1. The maximum absolute atomic E-state index is 11.9. The molecule has 3 aromatic carbocycles. The average molecular weight is 461 g/mol. The van der Waals surface area contributed by atoms with Crippen molar-refractivity contribution in [3.63, 3.8) is 0 Å². The van der Waals surface area contributed by atoms with E-state index in [-0.39, 0.29) is 23.9 Å². The molecule has 0 atom stereocenters. The zero-order valence-corrected chi connectivity index (χ0v) is 17.3. The van der Waals surface area contributed by atoms with E-state index < -0.39 is 27.1 Å². The Morgan fingerprint density at radius 2 is 1.82 bits per heavy atom. The SMILES string of the molecule is N#Cc1ccccc1OCC(=O)N/N=C/c1cccc(Oc2ccc([N+](=O)[O-])cc2[N+](=O)[O-])c1. The van der Waals surface area contributed by atoms with Crippen molar-refractivity contribution in [2.45, 2.75) is 0 Å². The van der Waals surface area contributed by atoms with Gasteiger partial charge in [-0.2, -0.15) is 10.4 Å². The number of hydrogen-bond acceptors (Lipinski definition) is 9. The number of hydrogen-bond donors (Lipinski definition) is 1. The standard InChI is InChI=1S/C22H15N5O7/c23-12-16-5-1-2-7-20(16)33-14-22(28)25-24-13-15-4-3-6-18(10-15)34-21-9-8-17(26(29)30)11-19(21)27(31)32/h1-11,13H,14H2,(H,25,28)/b24-13+. The van der Waals surface area contributed by atoms with Crippen molar-refractivity contribution in [1.29, 1.82) is 5.26 Å². The van der Waals surface area contributed by atoms with Crippen molar-refractivity contribution in [2.75, 3.05) is 6.61 Å². The molecule has 0 saturated heterocycles. The van der Waals surface area contributed by atoms with Crippen LogP contribution in [0.4, 0.5) is 11.4 Å². The van der Waals surface area contributed by atoms with Crippen LogP contribution >= 0.6 is 0 Å². The van der Waals surface area contributed by atoms with E-state index in [0.717, 1.165) is 18.2 Å². The molecule has 12 nitrogen and oxygen atoms in total. The monoisotopic (exact) mass is 461 g/mol. The van der Waals surface area contributed by atoms with E-state index in [1.165, 1.54) is 18.3 Å². The molecule has 0 spiro atoms. The minimum absolute atomic E-state index is 0.173. The Kier molecular flexibility index (Phi) is 7.43. The molecule has 0 aromatic heterocycles. The van der Waals surface area contributed by atoms with Gasteiger partial charge >= 0.3 is 5.69 Å². The van der Waals surface area contributed by atoms with E-state index in [4.69, 9.17) is 14.7 Å². The highest BCUT2D eigenvalue weighted by atomic mass is 16.6. The van der Waals surface area contributed by atoms with Crippen molar-refractivity contribution >= 4 is 23.5 Å². The molecule has 0 unspecified atom stereocenters. The lowest BCUT2D eigenvalue weighted by Gasteiger charge is -2.07. The van der Waals surface area contributed by atoms with Crippen LogP contribution in [0.25, 0.3) is 0 Å². The van der Waals surface area contributed by atoms with Crippen molar-refractivity contribution in [2.24, 2.45) is 5.10 Å². The summed E-state index contributed by atoms with van der Waals surface area (Å²) >= 11 is 0. The summed E-state index contributed by atoms with van der Waals surface area (Å²) in [7, 11) is 0. The van der Waals surface area contributed by atoms with E-state index in [1.54, 1.807) is 36.4 Å². The van der Waals surface area contributed by atoms with Crippen LogP contribution in [0.2, 0.25) is 0 Å². The van der Waals surface area contributed by atoms with Gasteiger partial charge in [-0.05, 0) is 35.9 Å². The number of nitriles is 1. The van der Waals surface area contributed by atoms with E-state index >= 15 is 0 Å². The highest BCUT2D eigenvalue weighted by Crippen LogP contribution is 2.34. The summed E-state index contributed by atoms with van der Waals surface area (Å²) in [5, 5.41) is 34.9. The molecule has 0 aliphatic rings. The first-order chi connectivity index (χ1) is 16.4. The zero-order valence-electron chi connectivity index (χ0n) is 17.3. The molecule has 1 amide bonds. The van der Waals surface area contributed by atoms with E-state index in [1.807, 2.05) is 6.07 Å². The second-order valence-electron chi connectivity index (χ2n) is 6.53. The quantitative estimate of drug-likeness (QED) is 0.285.